The Balaban J connectivity index is 1.76. The average Bonchev–Trinajstić information content (AvgIpc) is 2.58. The quantitative estimate of drug-likeness (QED) is 0.613. The predicted octanol–water partition coefficient (Wildman–Crippen LogP) is 3.01. The van der Waals surface area contributed by atoms with Crippen LogP contribution in [0.5, 0.6) is 0 Å². The number of anilines is 2. The number of alkyl halides is 3. The summed E-state index contributed by atoms with van der Waals surface area (Å²) in [5.41, 5.74) is 0.603. The Bertz CT molecular complexity index is 763. The smallest absolute Gasteiger partial charge is 0.370 e. The molecule has 0 spiro atoms. The van der Waals surface area contributed by atoms with Gasteiger partial charge < -0.3 is 16.0 Å². The molecule has 0 aliphatic heterocycles. The Morgan fingerprint density at radius 3 is 2.41 bits per heavy atom. The fourth-order valence-corrected chi connectivity index (χ4v) is 2.35. The molecular formula is C18H22F3N5O. The van der Waals surface area contributed by atoms with Crippen molar-refractivity contribution >= 4 is 17.7 Å². The summed E-state index contributed by atoms with van der Waals surface area (Å²) in [5, 5.41) is 8.84. The van der Waals surface area contributed by atoms with Crippen LogP contribution in [0.15, 0.2) is 30.3 Å². The maximum Gasteiger partial charge on any atom is 0.416 e. The second-order valence-electron chi connectivity index (χ2n) is 5.90. The summed E-state index contributed by atoms with van der Waals surface area (Å²) in [6.45, 7) is 5.34. The van der Waals surface area contributed by atoms with Crippen molar-refractivity contribution in [1.82, 2.24) is 15.3 Å². The number of aromatic nitrogens is 2. The molecule has 0 atom stereocenters. The zero-order valence-corrected chi connectivity index (χ0v) is 15.2. The number of carbonyl (C=O) groups is 1. The van der Waals surface area contributed by atoms with Gasteiger partial charge in [0, 0.05) is 31.4 Å². The SMILES string of the molecule is CCNc1cc(C)nc(NCCNC(=O)Cc2ccc(C(F)(F)F)cc2)n1. The molecule has 0 saturated heterocycles. The third-order valence-corrected chi connectivity index (χ3v) is 3.59. The summed E-state index contributed by atoms with van der Waals surface area (Å²) in [6.07, 6.45) is -4.36. The van der Waals surface area contributed by atoms with Crippen LogP contribution in [-0.4, -0.2) is 35.5 Å². The normalized spacial score (nSPS) is 11.1. The van der Waals surface area contributed by atoms with E-state index in [1.165, 1.54) is 12.1 Å². The molecule has 1 aromatic carbocycles. The highest BCUT2D eigenvalue weighted by Crippen LogP contribution is 2.29. The maximum atomic E-state index is 12.5. The number of carbonyl (C=O) groups excluding carboxylic acids is 1. The van der Waals surface area contributed by atoms with Gasteiger partial charge in [0.05, 0.1) is 12.0 Å². The number of benzene rings is 1. The molecule has 3 N–H and O–H groups in total. The van der Waals surface area contributed by atoms with Crippen LogP contribution in [0.3, 0.4) is 0 Å². The van der Waals surface area contributed by atoms with Crippen LogP contribution in [0.25, 0.3) is 0 Å². The van der Waals surface area contributed by atoms with E-state index in [0.29, 0.717) is 24.6 Å². The number of halogens is 3. The van der Waals surface area contributed by atoms with E-state index in [1.807, 2.05) is 19.9 Å². The van der Waals surface area contributed by atoms with Gasteiger partial charge in [-0.05, 0) is 31.5 Å². The molecule has 0 aliphatic rings. The van der Waals surface area contributed by atoms with Gasteiger partial charge in [-0.3, -0.25) is 4.79 Å². The lowest BCUT2D eigenvalue weighted by Gasteiger charge is -2.10. The van der Waals surface area contributed by atoms with E-state index < -0.39 is 11.7 Å². The predicted molar refractivity (Wildman–Crippen MR) is 97.6 cm³/mol. The van der Waals surface area contributed by atoms with E-state index in [2.05, 4.69) is 25.9 Å². The van der Waals surface area contributed by atoms with Gasteiger partial charge in [-0.1, -0.05) is 12.1 Å². The molecule has 1 aromatic heterocycles. The van der Waals surface area contributed by atoms with Gasteiger partial charge in [0.2, 0.25) is 11.9 Å². The third kappa shape index (κ3) is 6.76. The zero-order valence-electron chi connectivity index (χ0n) is 15.2. The molecular weight excluding hydrogens is 359 g/mol. The monoisotopic (exact) mass is 381 g/mol. The molecule has 6 nitrogen and oxygen atoms in total. The van der Waals surface area contributed by atoms with Crippen LogP contribution in [0.1, 0.15) is 23.7 Å². The highest BCUT2D eigenvalue weighted by atomic mass is 19.4. The number of nitrogens with zero attached hydrogens (tertiary/aromatic N) is 2. The van der Waals surface area contributed by atoms with Gasteiger partial charge in [0.25, 0.3) is 0 Å². The summed E-state index contributed by atoms with van der Waals surface area (Å²) >= 11 is 0. The standard InChI is InChI=1S/C18H22F3N5O/c1-3-22-15-10-12(2)25-17(26-15)24-9-8-23-16(27)11-13-4-6-14(7-5-13)18(19,20)21/h4-7,10H,3,8-9,11H2,1-2H3,(H,23,27)(H2,22,24,25,26). The number of aryl methyl sites for hydroxylation is 1. The minimum absolute atomic E-state index is 0.0175. The summed E-state index contributed by atoms with van der Waals surface area (Å²) in [4.78, 5) is 20.5. The van der Waals surface area contributed by atoms with Crippen molar-refractivity contribution < 1.29 is 18.0 Å². The zero-order chi connectivity index (χ0) is 19.9. The summed E-state index contributed by atoms with van der Waals surface area (Å²) in [7, 11) is 0. The van der Waals surface area contributed by atoms with Crippen LogP contribution in [-0.2, 0) is 17.4 Å². The van der Waals surface area contributed by atoms with Gasteiger partial charge in [-0.25, -0.2) is 4.98 Å². The number of rotatable bonds is 8. The molecule has 2 rings (SSSR count). The van der Waals surface area contributed by atoms with Crippen LogP contribution >= 0.6 is 0 Å². The van der Waals surface area contributed by atoms with Gasteiger partial charge in [0.15, 0.2) is 0 Å². The van der Waals surface area contributed by atoms with E-state index in [4.69, 9.17) is 0 Å². The highest BCUT2D eigenvalue weighted by molar-refractivity contribution is 5.78. The van der Waals surface area contributed by atoms with Gasteiger partial charge in [-0.15, -0.1) is 0 Å². The molecule has 2 aromatic rings. The highest BCUT2D eigenvalue weighted by Gasteiger charge is 2.29. The lowest BCUT2D eigenvalue weighted by atomic mass is 10.1. The fourth-order valence-electron chi connectivity index (χ4n) is 2.35. The Labute approximate surface area is 155 Å². The van der Waals surface area contributed by atoms with Gasteiger partial charge in [-0.2, -0.15) is 18.2 Å². The first-order chi connectivity index (χ1) is 12.8. The molecule has 0 fully saturated rings. The second-order valence-corrected chi connectivity index (χ2v) is 5.90. The molecule has 0 radical (unpaired) electrons. The van der Waals surface area contributed by atoms with Crippen molar-refractivity contribution in [3.8, 4) is 0 Å². The summed E-state index contributed by atoms with van der Waals surface area (Å²) in [6, 6.07) is 6.40. The molecule has 0 aliphatic carbocycles. The van der Waals surface area contributed by atoms with Crippen LogP contribution in [0.4, 0.5) is 24.9 Å². The molecule has 1 heterocycles. The molecule has 0 unspecified atom stereocenters. The number of hydrogen-bond acceptors (Lipinski definition) is 5. The minimum Gasteiger partial charge on any atom is -0.370 e. The molecule has 9 heteroatoms. The van der Waals surface area contributed by atoms with E-state index in [-0.39, 0.29) is 12.3 Å². The van der Waals surface area contributed by atoms with E-state index in [1.54, 1.807) is 0 Å². The fraction of sp³-hybridized carbons (Fsp3) is 0.389. The first kappa shape index (κ1) is 20.5. The van der Waals surface area contributed by atoms with Gasteiger partial charge >= 0.3 is 6.18 Å². The summed E-state index contributed by atoms with van der Waals surface area (Å²) < 4.78 is 37.6. The van der Waals surface area contributed by atoms with Crippen LogP contribution < -0.4 is 16.0 Å². The van der Waals surface area contributed by atoms with Crippen LogP contribution in [0, 0.1) is 6.92 Å². The van der Waals surface area contributed by atoms with E-state index >= 15 is 0 Å². The Morgan fingerprint density at radius 1 is 1.07 bits per heavy atom. The molecule has 0 bridgehead atoms. The molecule has 1 amide bonds. The lowest BCUT2D eigenvalue weighted by molar-refractivity contribution is -0.137. The van der Waals surface area contributed by atoms with E-state index in [9.17, 15) is 18.0 Å². The number of hydrogen-bond donors (Lipinski definition) is 3. The topological polar surface area (TPSA) is 78.9 Å². The molecule has 27 heavy (non-hydrogen) atoms. The summed E-state index contributed by atoms with van der Waals surface area (Å²) in [5.74, 6) is 0.914. The lowest BCUT2D eigenvalue weighted by Crippen LogP contribution is -2.30. The second kappa shape index (κ2) is 9.20. The maximum absolute atomic E-state index is 12.5. The van der Waals surface area contributed by atoms with Crippen molar-refractivity contribution in [3.05, 3.63) is 47.2 Å². The van der Waals surface area contributed by atoms with Crippen molar-refractivity contribution in [2.75, 3.05) is 30.3 Å². The number of amides is 1. The van der Waals surface area contributed by atoms with Crippen molar-refractivity contribution in [3.63, 3.8) is 0 Å². The first-order valence-electron chi connectivity index (χ1n) is 8.54. The Hall–Kier alpha value is -2.84. The van der Waals surface area contributed by atoms with Crippen molar-refractivity contribution in [2.45, 2.75) is 26.4 Å². The molecule has 0 saturated carbocycles. The minimum atomic E-state index is -4.38. The third-order valence-electron chi connectivity index (χ3n) is 3.59. The largest absolute Gasteiger partial charge is 0.416 e. The van der Waals surface area contributed by atoms with Gasteiger partial charge in [0.1, 0.15) is 5.82 Å². The van der Waals surface area contributed by atoms with E-state index in [0.717, 1.165) is 30.2 Å². The first-order valence-corrected chi connectivity index (χ1v) is 8.54. The Kier molecular flexibility index (Phi) is 6.98. The Morgan fingerprint density at radius 2 is 1.78 bits per heavy atom. The molecule has 146 valence electrons. The van der Waals surface area contributed by atoms with Crippen molar-refractivity contribution in [2.24, 2.45) is 0 Å². The average molecular weight is 381 g/mol. The van der Waals surface area contributed by atoms with Crippen LogP contribution in [0.2, 0.25) is 0 Å². The van der Waals surface area contributed by atoms with Crippen molar-refractivity contribution in [1.29, 1.82) is 0 Å². The number of nitrogens with one attached hydrogen (secondary N) is 3.